The molecular formula is C16H20F4N2O2. The van der Waals surface area contributed by atoms with Crippen molar-refractivity contribution in [1.29, 1.82) is 0 Å². The van der Waals surface area contributed by atoms with Crippen LogP contribution in [0, 0.1) is 5.82 Å². The number of ether oxygens (including phenoxy) is 1. The zero-order chi connectivity index (χ0) is 17.9. The molecule has 1 fully saturated rings. The first-order chi connectivity index (χ1) is 11.2. The zero-order valence-corrected chi connectivity index (χ0v) is 13.6. The van der Waals surface area contributed by atoms with E-state index in [-0.39, 0.29) is 5.78 Å². The largest absolute Gasteiger partial charge is 0.573 e. The molecule has 0 unspecified atom stereocenters. The molecule has 0 radical (unpaired) electrons. The standard InChI is InChI=1S/C16H20F4N2O2/c1-11(23)13(10-22-7-5-21(2)6-8-22)12-3-4-15(14(17)9-12)24-16(18,19)20/h3-4,9,13H,5-8,10H2,1-2H3/t13-/m1/s1. The Labute approximate surface area is 138 Å². The third-order valence-corrected chi connectivity index (χ3v) is 4.11. The van der Waals surface area contributed by atoms with Gasteiger partial charge in [0.2, 0.25) is 0 Å². The first kappa shape index (κ1) is 18.7. The number of carbonyl (C=O) groups is 1. The van der Waals surface area contributed by atoms with Gasteiger partial charge in [-0.3, -0.25) is 9.69 Å². The molecule has 1 saturated heterocycles. The van der Waals surface area contributed by atoms with E-state index < -0.39 is 23.8 Å². The van der Waals surface area contributed by atoms with E-state index in [0.29, 0.717) is 12.1 Å². The average molecular weight is 348 g/mol. The third kappa shape index (κ3) is 5.17. The number of hydrogen-bond donors (Lipinski definition) is 0. The Morgan fingerprint density at radius 1 is 1.25 bits per heavy atom. The van der Waals surface area contributed by atoms with Gasteiger partial charge < -0.3 is 9.64 Å². The van der Waals surface area contributed by atoms with Crippen molar-refractivity contribution in [3.05, 3.63) is 29.6 Å². The minimum Gasteiger partial charge on any atom is -0.403 e. The maximum absolute atomic E-state index is 13.9. The van der Waals surface area contributed by atoms with Gasteiger partial charge in [-0.15, -0.1) is 13.2 Å². The van der Waals surface area contributed by atoms with Crippen LogP contribution in [-0.4, -0.2) is 61.7 Å². The van der Waals surface area contributed by atoms with Crippen molar-refractivity contribution in [1.82, 2.24) is 9.80 Å². The number of alkyl halides is 3. The van der Waals surface area contributed by atoms with Crippen molar-refractivity contribution in [2.45, 2.75) is 19.2 Å². The summed E-state index contributed by atoms with van der Waals surface area (Å²) < 4.78 is 54.1. The van der Waals surface area contributed by atoms with Gasteiger partial charge in [-0.25, -0.2) is 4.39 Å². The fraction of sp³-hybridized carbons (Fsp3) is 0.562. The van der Waals surface area contributed by atoms with E-state index in [4.69, 9.17) is 0 Å². The molecule has 134 valence electrons. The molecule has 1 atom stereocenters. The summed E-state index contributed by atoms with van der Waals surface area (Å²) in [6.45, 7) is 5.14. The molecule has 8 heteroatoms. The summed E-state index contributed by atoms with van der Waals surface area (Å²) >= 11 is 0. The van der Waals surface area contributed by atoms with E-state index in [2.05, 4.69) is 14.5 Å². The molecule has 24 heavy (non-hydrogen) atoms. The summed E-state index contributed by atoms with van der Waals surface area (Å²) in [5.41, 5.74) is 0.355. The fourth-order valence-electron chi connectivity index (χ4n) is 2.70. The molecule has 0 saturated carbocycles. The number of piperazine rings is 1. The normalized spacial score (nSPS) is 18.4. The maximum atomic E-state index is 13.9. The van der Waals surface area contributed by atoms with Crippen molar-refractivity contribution < 1.29 is 27.1 Å². The van der Waals surface area contributed by atoms with Crippen molar-refractivity contribution in [3.63, 3.8) is 0 Å². The molecule has 0 aromatic heterocycles. The Morgan fingerprint density at radius 3 is 2.38 bits per heavy atom. The van der Waals surface area contributed by atoms with Crippen molar-refractivity contribution >= 4 is 5.78 Å². The maximum Gasteiger partial charge on any atom is 0.573 e. The number of nitrogens with zero attached hydrogens (tertiary/aromatic N) is 2. The highest BCUT2D eigenvalue weighted by atomic mass is 19.4. The van der Waals surface area contributed by atoms with Crippen LogP contribution in [0.2, 0.25) is 0 Å². The Balaban J connectivity index is 2.13. The highest BCUT2D eigenvalue weighted by molar-refractivity contribution is 5.83. The minimum absolute atomic E-state index is 0.155. The number of likely N-dealkylation sites (N-methyl/N-ethyl adjacent to an activating group) is 1. The molecule has 1 aliphatic heterocycles. The summed E-state index contributed by atoms with van der Waals surface area (Å²) in [4.78, 5) is 16.2. The number of Topliss-reactive ketones (excluding diaryl/α,β-unsaturated/α-hetero) is 1. The minimum atomic E-state index is -4.96. The Hall–Kier alpha value is -1.67. The Morgan fingerprint density at radius 2 is 1.88 bits per heavy atom. The summed E-state index contributed by atoms with van der Waals surface area (Å²) in [5.74, 6) is -2.76. The second kappa shape index (κ2) is 7.48. The smallest absolute Gasteiger partial charge is 0.403 e. The van der Waals surface area contributed by atoms with Gasteiger partial charge in [0.1, 0.15) is 5.78 Å². The van der Waals surface area contributed by atoms with Crippen LogP contribution in [0.5, 0.6) is 5.75 Å². The molecule has 0 bridgehead atoms. The molecule has 1 heterocycles. The molecule has 1 aromatic rings. The van der Waals surface area contributed by atoms with Crippen LogP contribution >= 0.6 is 0 Å². The predicted octanol–water partition coefficient (Wildman–Crippen LogP) is 2.64. The average Bonchev–Trinajstić information content (AvgIpc) is 2.47. The second-order valence-electron chi connectivity index (χ2n) is 6.00. The lowest BCUT2D eigenvalue weighted by molar-refractivity contribution is -0.275. The van der Waals surface area contributed by atoms with Crippen LogP contribution in [-0.2, 0) is 4.79 Å². The molecule has 2 rings (SSSR count). The molecule has 1 aliphatic rings. The van der Waals surface area contributed by atoms with Crippen LogP contribution < -0.4 is 4.74 Å². The molecule has 0 amide bonds. The quantitative estimate of drug-likeness (QED) is 0.766. The molecule has 0 N–H and O–H groups in total. The van der Waals surface area contributed by atoms with Gasteiger partial charge in [0.15, 0.2) is 11.6 Å². The number of halogens is 4. The third-order valence-electron chi connectivity index (χ3n) is 4.11. The molecule has 0 spiro atoms. The molecule has 4 nitrogen and oxygen atoms in total. The van der Waals surface area contributed by atoms with Gasteiger partial charge in [0, 0.05) is 32.7 Å². The first-order valence-electron chi connectivity index (χ1n) is 7.62. The summed E-state index contributed by atoms with van der Waals surface area (Å²) in [7, 11) is 2.01. The summed E-state index contributed by atoms with van der Waals surface area (Å²) in [6.07, 6.45) is -4.96. The van der Waals surface area contributed by atoms with Gasteiger partial charge in [-0.2, -0.15) is 0 Å². The van der Waals surface area contributed by atoms with Gasteiger partial charge in [-0.05, 0) is 31.7 Å². The van der Waals surface area contributed by atoms with E-state index in [9.17, 15) is 22.4 Å². The molecule has 1 aromatic carbocycles. The lowest BCUT2D eigenvalue weighted by atomic mass is 9.94. The predicted molar refractivity (Wildman–Crippen MR) is 80.4 cm³/mol. The van der Waals surface area contributed by atoms with Gasteiger partial charge in [0.05, 0.1) is 5.92 Å². The van der Waals surface area contributed by atoms with E-state index >= 15 is 0 Å². The highest BCUT2D eigenvalue weighted by Crippen LogP contribution is 2.29. The van der Waals surface area contributed by atoms with E-state index in [1.165, 1.54) is 13.0 Å². The van der Waals surface area contributed by atoms with Crippen molar-refractivity contribution in [2.24, 2.45) is 0 Å². The van der Waals surface area contributed by atoms with Crippen molar-refractivity contribution in [3.8, 4) is 5.75 Å². The van der Waals surface area contributed by atoms with E-state index in [0.717, 1.165) is 38.3 Å². The van der Waals surface area contributed by atoms with Crippen LogP contribution in [0.3, 0.4) is 0 Å². The van der Waals surface area contributed by atoms with Crippen molar-refractivity contribution in [2.75, 3.05) is 39.8 Å². The molecular weight excluding hydrogens is 328 g/mol. The second-order valence-corrected chi connectivity index (χ2v) is 6.00. The van der Waals surface area contributed by atoms with Gasteiger partial charge in [-0.1, -0.05) is 6.07 Å². The van der Waals surface area contributed by atoms with Crippen LogP contribution in [0.25, 0.3) is 0 Å². The van der Waals surface area contributed by atoms with E-state index in [1.54, 1.807) is 0 Å². The highest BCUT2D eigenvalue weighted by Gasteiger charge is 2.33. The first-order valence-corrected chi connectivity index (χ1v) is 7.62. The monoisotopic (exact) mass is 348 g/mol. The van der Waals surface area contributed by atoms with Crippen LogP contribution in [0.15, 0.2) is 18.2 Å². The van der Waals surface area contributed by atoms with Gasteiger partial charge in [0.25, 0.3) is 0 Å². The Kier molecular flexibility index (Phi) is 5.82. The Bertz CT molecular complexity index is 584. The number of carbonyl (C=O) groups excluding carboxylic acids is 1. The van der Waals surface area contributed by atoms with E-state index in [1.807, 2.05) is 7.05 Å². The van der Waals surface area contributed by atoms with Gasteiger partial charge >= 0.3 is 6.36 Å². The fourth-order valence-corrected chi connectivity index (χ4v) is 2.70. The van der Waals surface area contributed by atoms with Crippen LogP contribution in [0.1, 0.15) is 18.4 Å². The summed E-state index contributed by atoms with van der Waals surface area (Å²) in [6, 6.07) is 3.17. The lowest BCUT2D eigenvalue weighted by Gasteiger charge is -2.34. The zero-order valence-electron chi connectivity index (χ0n) is 13.6. The SMILES string of the molecule is CC(=O)[C@@H](CN1CCN(C)CC1)c1ccc(OC(F)(F)F)c(F)c1. The topological polar surface area (TPSA) is 32.8 Å². The van der Waals surface area contributed by atoms with Crippen LogP contribution in [0.4, 0.5) is 17.6 Å². The number of hydrogen-bond acceptors (Lipinski definition) is 4. The summed E-state index contributed by atoms with van der Waals surface area (Å²) in [5, 5.41) is 0. The number of benzene rings is 1. The number of rotatable bonds is 5. The number of ketones is 1. The lowest BCUT2D eigenvalue weighted by Crippen LogP contribution is -2.46. The molecule has 0 aliphatic carbocycles.